The van der Waals surface area contributed by atoms with Gasteiger partial charge in [0, 0.05) is 18.3 Å². The van der Waals surface area contributed by atoms with Crippen molar-refractivity contribution in [3.8, 4) is 0 Å². The number of hydrogen-bond acceptors (Lipinski definition) is 5. The number of carbonyl (C=O) groups is 2. The third-order valence-corrected chi connectivity index (χ3v) is 6.67. The van der Waals surface area contributed by atoms with E-state index in [1.165, 1.54) is 0 Å². The zero-order valence-corrected chi connectivity index (χ0v) is 24.7. The largest absolute Gasteiger partial charge is 0.444 e. The molecule has 0 saturated heterocycles. The highest BCUT2D eigenvalue weighted by molar-refractivity contribution is 5.79. The van der Waals surface area contributed by atoms with Gasteiger partial charge in [0.2, 0.25) is 5.91 Å². The van der Waals surface area contributed by atoms with Crippen molar-refractivity contribution in [2.75, 3.05) is 0 Å². The average molecular weight is 561 g/mol. The van der Waals surface area contributed by atoms with Gasteiger partial charge in [-0.05, 0) is 57.1 Å². The van der Waals surface area contributed by atoms with Crippen LogP contribution in [0.1, 0.15) is 70.5 Å². The van der Waals surface area contributed by atoms with E-state index in [0.29, 0.717) is 18.7 Å². The number of hydrogen-bond donors (Lipinski definition) is 4. The number of nitrogens with one attached hydrogen (secondary N) is 3. The van der Waals surface area contributed by atoms with Crippen molar-refractivity contribution in [1.82, 2.24) is 20.6 Å². The van der Waals surface area contributed by atoms with Crippen molar-refractivity contribution >= 4 is 18.1 Å². The fraction of sp³-hybridized carbons (Fsp3) is 0.424. The molecule has 3 aromatic rings. The highest BCUT2D eigenvalue weighted by Gasteiger charge is 2.31. The lowest BCUT2D eigenvalue weighted by Crippen LogP contribution is -2.48. The van der Waals surface area contributed by atoms with Gasteiger partial charge in [-0.2, -0.15) is 0 Å². The molecule has 8 nitrogen and oxygen atoms in total. The van der Waals surface area contributed by atoms with Gasteiger partial charge in [-0.1, -0.05) is 86.7 Å². The number of carbonyl (C=O) groups excluding carboxylic acids is 2. The molecule has 4 N–H and O–H groups in total. The average Bonchev–Trinajstić information content (AvgIpc) is 3.45. The maximum Gasteiger partial charge on any atom is 0.407 e. The molecule has 0 radical (unpaired) electrons. The number of alkyl carbamates (subject to hydrolysis) is 1. The zero-order valence-electron chi connectivity index (χ0n) is 24.7. The van der Waals surface area contributed by atoms with Crippen LogP contribution in [-0.4, -0.2) is 44.8 Å². The summed E-state index contributed by atoms with van der Waals surface area (Å²) in [6, 6.07) is 18.5. The van der Waals surface area contributed by atoms with Crippen LogP contribution in [0.5, 0.6) is 0 Å². The van der Waals surface area contributed by atoms with Crippen molar-refractivity contribution in [1.29, 1.82) is 0 Å². The van der Waals surface area contributed by atoms with E-state index in [1.54, 1.807) is 33.2 Å². The van der Waals surface area contributed by atoms with Crippen LogP contribution in [0.3, 0.4) is 0 Å². The number of ether oxygens (including phenoxy) is 1. The Morgan fingerprint density at radius 3 is 2.27 bits per heavy atom. The van der Waals surface area contributed by atoms with E-state index in [-0.39, 0.29) is 24.3 Å². The number of rotatable bonds is 13. The molecule has 0 spiro atoms. The molecular formula is C33H44N4O4. The van der Waals surface area contributed by atoms with Gasteiger partial charge < -0.3 is 25.5 Å². The third kappa shape index (κ3) is 10.9. The number of H-pyrrole nitrogens is 1. The molecule has 0 aliphatic heterocycles. The number of nitrogens with zero attached hydrogens (tertiary/aromatic N) is 1. The summed E-state index contributed by atoms with van der Waals surface area (Å²) in [5, 5.41) is 17.5. The zero-order chi connectivity index (χ0) is 29.8. The summed E-state index contributed by atoms with van der Waals surface area (Å²) in [4.78, 5) is 33.9. The molecule has 2 amide bonds. The minimum Gasteiger partial charge on any atom is -0.444 e. The summed E-state index contributed by atoms with van der Waals surface area (Å²) in [5.41, 5.74) is 1.29. The molecule has 41 heavy (non-hydrogen) atoms. The molecule has 0 fully saturated rings. The quantitative estimate of drug-likeness (QED) is 0.210. The first-order valence-electron chi connectivity index (χ1n) is 14.2. The first-order chi connectivity index (χ1) is 19.5. The molecule has 0 aliphatic rings. The van der Waals surface area contributed by atoms with Crippen molar-refractivity contribution < 1.29 is 19.4 Å². The molecule has 4 atom stereocenters. The van der Waals surface area contributed by atoms with Crippen LogP contribution in [-0.2, 0) is 16.0 Å². The van der Waals surface area contributed by atoms with E-state index in [4.69, 9.17) is 4.74 Å². The second-order valence-electron chi connectivity index (χ2n) is 11.7. The minimum absolute atomic E-state index is 0.0928. The smallest absolute Gasteiger partial charge is 0.407 e. The first kappa shape index (κ1) is 31.6. The number of benzene rings is 2. The van der Waals surface area contributed by atoms with Crippen molar-refractivity contribution in [3.63, 3.8) is 0 Å². The molecular weight excluding hydrogens is 516 g/mol. The molecule has 220 valence electrons. The second-order valence-corrected chi connectivity index (χ2v) is 11.7. The Balaban J connectivity index is 1.82. The number of aliphatic hydroxyl groups excluding tert-OH is 1. The Bertz CT molecular complexity index is 1220. The van der Waals surface area contributed by atoms with Crippen LogP contribution in [0.4, 0.5) is 4.79 Å². The Kier molecular flexibility index (Phi) is 11.7. The molecule has 1 aromatic heterocycles. The van der Waals surface area contributed by atoms with E-state index in [9.17, 15) is 14.7 Å². The normalized spacial score (nSPS) is 14.8. The van der Waals surface area contributed by atoms with Crippen LogP contribution < -0.4 is 10.6 Å². The fourth-order valence-corrected chi connectivity index (χ4v) is 4.58. The Morgan fingerprint density at radius 2 is 1.68 bits per heavy atom. The predicted molar refractivity (Wildman–Crippen MR) is 162 cm³/mol. The molecule has 1 heterocycles. The SMILES string of the molecule is CC(C)[C@H](NC(=O)[C@H](C/C=C/c1ccccc1)C[C@H](O)[C@H](Cc1ccccc1)NC(=O)OC(C)(C)C)c1ncc[nH]1. The van der Waals surface area contributed by atoms with E-state index in [1.807, 2.05) is 86.7 Å². The second kappa shape index (κ2) is 15.2. The fourth-order valence-electron chi connectivity index (χ4n) is 4.58. The molecule has 8 heteroatoms. The van der Waals surface area contributed by atoms with Crippen LogP contribution in [0, 0.1) is 11.8 Å². The lowest BCUT2D eigenvalue weighted by molar-refractivity contribution is -0.127. The highest BCUT2D eigenvalue weighted by atomic mass is 16.6. The maximum atomic E-state index is 13.7. The molecule has 3 rings (SSSR count). The van der Waals surface area contributed by atoms with Crippen LogP contribution in [0.15, 0.2) is 79.1 Å². The van der Waals surface area contributed by atoms with Gasteiger partial charge >= 0.3 is 6.09 Å². The molecule has 0 bridgehead atoms. The maximum absolute atomic E-state index is 13.7. The first-order valence-corrected chi connectivity index (χ1v) is 14.2. The van der Waals surface area contributed by atoms with Crippen molar-refractivity contribution in [3.05, 3.63) is 96.1 Å². The van der Waals surface area contributed by atoms with Gasteiger partial charge in [-0.15, -0.1) is 0 Å². The van der Waals surface area contributed by atoms with Crippen LogP contribution >= 0.6 is 0 Å². The number of aromatic nitrogens is 2. The number of amides is 2. The third-order valence-electron chi connectivity index (χ3n) is 6.67. The summed E-state index contributed by atoms with van der Waals surface area (Å²) < 4.78 is 5.48. The van der Waals surface area contributed by atoms with Gasteiger partial charge in [0.05, 0.1) is 18.2 Å². The van der Waals surface area contributed by atoms with E-state index in [2.05, 4.69) is 20.6 Å². The number of imidazole rings is 1. The highest BCUT2D eigenvalue weighted by Crippen LogP contribution is 2.23. The monoisotopic (exact) mass is 560 g/mol. The summed E-state index contributed by atoms with van der Waals surface area (Å²) >= 11 is 0. The van der Waals surface area contributed by atoms with Crippen LogP contribution in [0.25, 0.3) is 6.08 Å². The summed E-state index contributed by atoms with van der Waals surface area (Å²) in [6.07, 6.45) is 6.64. The molecule has 0 aliphatic carbocycles. The lowest BCUT2D eigenvalue weighted by Gasteiger charge is -2.29. The van der Waals surface area contributed by atoms with E-state index in [0.717, 1.165) is 11.1 Å². The van der Waals surface area contributed by atoms with Gasteiger partial charge in [-0.25, -0.2) is 9.78 Å². The van der Waals surface area contributed by atoms with E-state index >= 15 is 0 Å². The van der Waals surface area contributed by atoms with Gasteiger partial charge in [0.25, 0.3) is 0 Å². The Labute approximate surface area is 243 Å². The number of allylic oxidation sites excluding steroid dienone is 1. The minimum atomic E-state index is -1.01. The topological polar surface area (TPSA) is 116 Å². The van der Waals surface area contributed by atoms with Crippen LogP contribution in [0.2, 0.25) is 0 Å². The van der Waals surface area contributed by atoms with Crippen molar-refractivity contribution in [2.24, 2.45) is 11.8 Å². The molecule has 0 unspecified atom stereocenters. The Hall–Kier alpha value is -3.91. The summed E-state index contributed by atoms with van der Waals surface area (Å²) in [7, 11) is 0. The van der Waals surface area contributed by atoms with Gasteiger partial charge in [0.15, 0.2) is 0 Å². The summed E-state index contributed by atoms with van der Waals surface area (Å²) in [5.74, 6) is 0.0312. The van der Waals surface area contributed by atoms with Gasteiger partial charge in [0.1, 0.15) is 11.4 Å². The molecule has 0 saturated carbocycles. The summed E-state index contributed by atoms with van der Waals surface area (Å²) in [6.45, 7) is 9.41. The predicted octanol–water partition coefficient (Wildman–Crippen LogP) is 5.83. The molecule has 2 aromatic carbocycles. The van der Waals surface area contributed by atoms with Gasteiger partial charge in [-0.3, -0.25) is 4.79 Å². The number of aliphatic hydroxyl groups is 1. The lowest BCUT2D eigenvalue weighted by atomic mass is 9.90. The standard InChI is InChI=1S/C33H44N4O4/c1-23(2)29(30-34-19-20-35-30)37-31(39)26(18-12-17-24-13-8-6-9-14-24)22-28(38)27(21-25-15-10-7-11-16-25)36-32(40)41-33(3,4)5/h6-17,19-20,23,26-29,38H,18,21-22H2,1-5H3,(H,34,35)(H,36,40)(H,37,39)/b17-12+/t26-,27+,28+,29+/m1/s1. The van der Waals surface area contributed by atoms with Crippen molar-refractivity contribution in [2.45, 2.75) is 77.7 Å². The van der Waals surface area contributed by atoms with E-state index < -0.39 is 29.8 Å². The number of aromatic amines is 1. The Morgan fingerprint density at radius 1 is 1.02 bits per heavy atom.